The van der Waals surface area contributed by atoms with Crippen molar-refractivity contribution in [2.24, 2.45) is 16.9 Å². The molecule has 0 aromatic rings. The summed E-state index contributed by atoms with van der Waals surface area (Å²) in [6, 6.07) is -0.172. The number of hydrogen-bond acceptors (Lipinski definition) is 3. The number of carbonyl (C=O) groups excluding carboxylic acids is 2. The third-order valence-electron chi connectivity index (χ3n) is 2.42. The first-order valence-corrected chi connectivity index (χ1v) is 6.26. The van der Waals surface area contributed by atoms with Gasteiger partial charge in [-0.1, -0.05) is 20.8 Å². The van der Waals surface area contributed by atoms with E-state index in [0.717, 1.165) is 6.42 Å². The molecule has 0 radical (unpaired) electrons. The third kappa shape index (κ3) is 8.98. The lowest BCUT2D eigenvalue weighted by atomic mass is 9.87. The summed E-state index contributed by atoms with van der Waals surface area (Å²) >= 11 is 0. The van der Waals surface area contributed by atoms with E-state index in [4.69, 9.17) is 11.5 Å². The number of primary amides is 1. The van der Waals surface area contributed by atoms with Gasteiger partial charge in [0.05, 0.1) is 0 Å². The molecule has 0 saturated heterocycles. The van der Waals surface area contributed by atoms with Crippen LogP contribution in [0.5, 0.6) is 0 Å². The highest BCUT2D eigenvalue weighted by Crippen LogP contribution is 2.21. The lowest BCUT2D eigenvalue weighted by molar-refractivity contribution is -0.124. The normalized spacial score (nSPS) is 14.1. The zero-order valence-corrected chi connectivity index (χ0v) is 12.2. The first-order valence-electron chi connectivity index (χ1n) is 6.26. The molecule has 0 fully saturated rings. The van der Waals surface area contributed by atoms with Gasteiger partial charge in [0.25, 0.3) is 0 Å². The highest BCUT2D eigenvalue weighted by molar-refractivity contribution is 5.80. The van der Waals surface area contributed by atoms with Gasteiger partial charge in [-0.15, -0.1) is 0 Å². The van der Waals surface area contributed by atoms with E-state index in [1.165, 1.54) is 0 Å². The van der Waals surface area contributed by atoms with Crippen LogP contribution in [0.25, 0.3) is 0 Å². The Morgan fingerprint density at radius 3 is 2.06 bits per heavy atom. The average molecular weight is 257 g/mol. The Kier molecular flexibility index (Phi) is 5.80. The summed E-state index contributed by atoms with van der Waals surface area (Å²) in [7, 11) is 0. The van der Waals surface area contributed by atoms with E-state index in [1.54, 1.807) is 13.8 Å². The first-order chi connectivity index (χ1) is 7.91. The van der Waals surface area contributed by atoms with Crippen molar-refractivity contribution in [3.63, 3.8) is 0 Å². The molecular formula is C13H27N3O2. The van der Waals surface area contributed by atoms with Crippen LogP contribution in [0.2, 0.25) is 0 Å². The molecule has 0 saturated carbocycles. The molecule has 18 heavy (non-hydrogen) atoms. The van der Waals surface area contributed by atoms with Crippen molar-refractivity contribution in [2.45, 2.75) is 65.5 Å². The zero-order chi connectivity index (χ0) is 14.6. The standard InChI is InChI=1S/C13H27N3O2/c1-12(2,3)7-9(14)6-11(18)16-13(4,5)8-10(15)17/h9H,6-8,14H2,1-5H3,(H2,15,17)(H,16,18). The van der Waals surface area contributed by atoms with Crippen LogP contribution < -0.4 is 16.8 Å². The Balaban J connectivity index is 4.22. The van der Waals surface area contributed by atoms with E-state index in [9.17, 15) is 9.59 Å². The van der Waals surface area contributed by atoms with E-state index in [0.29, 0.717) is 0 Å². The second kappa shape index (κ2) is 6.18. The van der Waals surface area contributed by atoms with Gasteiger partial charge in [0.1, 0.15) is 0 Å². The minimum atomic E-state index is -0.621. The Hall–Kier alpha value is -1.10. The number of amides is 2. The number of rotatable bonds is 6. The second-order valence-corrected chi connectivity index (χ2v) is 6.80. The van der Waals surface area contributed by atoms with Gasteiger partial charge in [-0.25, -0.2) is 0 Å². The number of nitrogens with one attached hydrogen (secondary N) is 1. The minimum absolute atomic E-state index is 0.0996. The van der Waals surface area contributed by atoms with Crippen molar-refractivity contribution < 1.29 is 9.59 Å². The molecule has 0 bridgehead atoms. The van der Waals surface area contributed by atoms with Crippen molar-refractivity contribution in [3.05, 3.63) is 0 Å². The van der Waals surface area contributed by atoms with Crippen molar-refractivity contribution >= 4 is 11.8 Å². The van der Waals surface area contributed by atoms with Crippen molar-refractivity contribution in [3.8, 4) is 0 Å². The summed E-state index contributed by atoms with van der Waals surface area (Å²) in [5, 5.41) is 2.78. The largest absolute Gasteiger partial charge is 0.370 e. The van der Waals surface area contributed by atoms with Crippen LogP contribution in [0, 0.1) is 5.41 Å². The van der Waals surface area contributed by atoms with Crippen LogP contribution in [-0.2, 0) is 9.59 Å². The van der Waals surface area contributed by atoms with E-state index >= 15 is 0 Å². The average Bonchev–Trinajstić information content (AvgIpc) is 1.92. The van der Waals surface area contributed by atoms with Crippen LogP contribution in [0.4, 0.5) is 0 Å². The van der Waals surface area contributed by atoms with Crippen LogP contribution in [0.15, 0.2) is 0 Å². The van der Waals surface area contributed by atoms with Crippen LogP contribution >= 0.6 is 0 Å². The Morgan fingerprint density at radius 2 is 1.67 bits per heavy atom. The van der Waals surface area contributed by atoms with Gasteiger partial charge in [-0.2, -0.15) is 0 Å². The Labute approximate surface area is 110 Å². The van der Waals surface area contributed by atoms with Crippen molar-refractivity contribution in [1.82, 2.24) is 5.32 Å². The molecule has 1 atom stereocenters. The monoisotopic (exact) mass is 257 g/mol. The summed E-state index contributed by atoms with van der Waals surface area (Å²) in [5.41, 5.74) is 10.5. The number of hydrogen-bond donors (Lipinski definition) is 3. The van der Waals surface area contributed by atoms with E-state index < -0.39 is 11.4 Å². The second-order valence-electron chi connectivity index (χ2n) is 6.80. The summed E-state index contributed by atoms with van der Waals surface area (Å²) in [4.78, 5) is 22.6. The van der Waals surface area contributed by atoms with Gasteiger partial charge in [0.2, 0.25) is 11.8 Å². The molecule has 0 aromatic heterocycles. The summed E-state index contributed by atoms with van der Waals surface area (Å²) < 4.78 is 0. The lowest BCUT2D eigenvalue weighted by Gasteiger charge is -2.27. The van der Waals surface area contributed by atoms with Gasteiger partial charge < -0.3 is 16.8 Å². The minimum Gasteiger partial charge on any atom is -0.370 e. The van der Waals surface area contributed by atoms with E-state index in [1.807, 2.05) is 0 Å². The zero-order valence-electron chi connectivity index (χ0n) is 12.2. The molecule has 2 amide bonds. The van der Waals surface area contributed by atoms with E-state index in [2.05, 4.69) is 26.1 Å². The summed E-state index contributed by atoms with van der Waals surface area (Å²) in [6.07, 6.45) is 1.16. The van der Waals surface area contributed by atoms with Crippen LogP contribution in [0.3, 0.4) is 0 Å². The molecular weight excluding hydrogens is 230 g/mol. The highest BCUT2D eigenvalue weighted by atomic mass is 16.2. The maximum atomic E-state index is 11.8. The van der Waals surface area contributed by atoms with Crippen LogP contribution in [-0.4, -0.2) is 23.4 Å². The van der Waals surface area contributed by atoms with Gasteiger partial charge >= 0.3 is 0 Å². The molecule has 0 heterocycles. The Morgan fingerprint density at radius 1 is 1.17 bits per heavy atom. The summed E-state index contributed by atoms with van der Waals surface area (Å²) in [6.45, 7) is 9.79. The molecule has 5 N–H and O–H groups in total. The topological polar surface area (TPSA) is 98.2 Å². The summed E-state index contributed by atoms with van der Waals surface area (Å²) in [5.74, 6) is -0.572. The number of carbonyl (C=O) groups is 2. The molecule has 0 aliphatic rings. The quantitative estimate of drug-likeness (QED) is 0.659. The number of nitrogens with two attached hydrogens (primary N) is 2. The molecule has 0 aromatic carbocycles. The molecule has 106 valence electrons. The van der Waals surface area contributed by atoms with Gasteiger partial charge in [-0.05, 0) is 25.7 Å². The van der Waals surface area contributed by atoms with Crippen LogP contribution in [0.1, 0.15) is 53.9 Å². The molecule has 0 aliphatic carbocycles. The highest BCUT2D eigenvalue weighted by Gasteiger charge is 2.24. The molecule has 0 aliphatic heterocycles. The smallest absolute Gasteiger partial charge is 0.221 e. The predicted octanol–water partition coefficient (Wildman–Crippen LogP) is 0.910. The molecule has 5 nitrogen and oxygen atoms in total. The van der Waals surface area contributed by atoms with Crippen molar-refractivity contribution in [1.29, 1.82) is 0 Å². The Bertz CT molecular complexity index is 306. The lowest BCUT2D eigenvalue weighted by Crippen LogP contribution is -2.47. The molecule has 5 heteroatoms. The molecule has 0 rings (SSSR count). The van der Waals surface area contributed by atoms with Crippen molar-refractivity contribution in [2.75, 3.05) is 0 Å². The molecule has 0 spiro atoms. The fourth-order valence-corrected chi connectivity index (χ4v) is 2.01. The maximum absolute atomic E-state index is 11.8. The molecule has 1 unspecified atom stereocenters. The van der Waals surface area contributed by atoms with Gasteiger partial charge in [0, 0.05) is 24.4 Å². The predicted molar refractivity (Wildman–Crippen MR) is 72.7 cm³/mol. The first kappa shape index (κ1) is 16.9. The SMILES string of the molecule is CC(C)(C)CC(N)CC(=O)NC(C)(C)CC(N)=O. The maximum Gasteiger partial charge on any atom is 0.221 e. The fraction of sp³-hybridized carbons (Fsp3) is 0.846. The van der Waals surface area contributed by atoms with E-state index in [-0.39, 0.29) is 30.2 Å². The van der Waals surface area contributed by atoms with Gasteiger partial charge in [-0.3, -0.25) is 9.59 Å². The third-order valence-corrected chi connectivity index (χ3v) is 2.42. The van der Waals surface area contributed by atoms with Gasteiger partial charge in [0.15, 0.2) is 0 Å². The fourth-order valence-electron chi connectivity index (χ4n) is 2.01.